The zero-order chi connectivity index (χ0) is 15.1. The number of methoxy groups -OCH3 is 3. The van der Waals surface area contributed by atoms with Gasteiger partial charge in [-0.25, -0.2) is 0 Å². The van der Waals surface area contributed by atoms with Crippen molar-refractivity contribution in [1.82, 2.24) is 5.32 Å². The van der Waals surface area contributed by atoms with E-state index in [0.717, 1.165) is 36.1 Å². The second kappa shape index (κ2) is 8.13. The van der Waals surface area contributed by atoms with Crippen molar-refractivity contribution in [2.24, 2.45) is 5.92 Å². The maximum absolute atomic E-state index is 5.44. The van der Waals surface area contributed by atoms with Crippen LogP contribution in [0.4, 0.5) is 0 Å². The Morgan fingerprint density at radius 1 is 0.952 bits per heavy atom. The fourth-order valence-electron chi connectivity index (χ4n) is 3.06. The molecule has 0 amide bonds. The number of hydrogen-bond donors (Lipinski definition) is 1. The van der Waals surface area contributed by atoms with E-state index in [2.05, 4.69) is 5.32 Å². The van der Waals surface area contributed by atoms with Crippen LogP contribution in [-0.2, 0) is 6.54 Å². The van der Waals surface area contributed by atoms with Gasteiger partial charge in [0.15, 0.2) is 11.5 Å². The maximum atomic E-state index is 5.44. The Kier molecular flexibility index (Phi) is 6.18. The summed E-state index contributed by atoms with van der Waals surface area (Å²) in [5.41, 5.74) is 1.10. The van der Waals surface area contributed by atoms with Crippen molar-refractivity contribution in [3.05, 3.63) is 17.7 Å². The van der Waals surface area contributed by atoms with Crippen LogP contribution in [0.25, 0.3) is 0 Å². The van der Waals surface area contributed by atoms with Gasteiger partial charge < -0.3 is 19.5 Å². The highest BCUT2D eigenvalue weighted by atomic mass is 16.5. The highest BCUT2D eigenvalue weighted by Crippen LogP contribution is 2.34. The second-order valence-electron chi connectivity index (χ2n) is 5.63. The van der Waals surface area contributed by atoms with Crippen LogP contribution in [0.1, 0.15) is 37.7 Å². The van der Waals surface area contributed by atoms with Crippen molar-refractivity contribution in [3.8, 4) is 17.2 Å². The molecule has 1 aliphatic rings. The molecule has 0 unspecified atom stereocenters. The van der Waals surface area contributed by atoms with Gasteiger partial charge in [-0.15, -0.1) is 0 Å². The fraction of sp³-hybridized carbons (Fsp3) is 0.647. The van der Waals surface area contributed by atoms with Crippen LogP contribution in [0.5, 0.6) is 17.2 Å². The lowest BCUT2D eigenvalue weighted by Gasteiger charge is -2.15. The van der Waals surface area contributed by atoms with Gasteiger partial charge in [-0.3, -0.25) is 0 Å². The van der Waals surface area contributed by atoms with Crippen LogP contribution in [-0.4, -0.2) is 27.9 Å². The van der Waals surface area contributed by atoms with Gasteiger partial charge in [-0.2, -0.15) is 0 Å². The van der Waals surface area contributed by atoms with Gasteiger partial charge in [0, 0.05) is 18.2 Å². The zero-order valence-corrected chi connectivity index (χ0v) is 13.4. The highest BCUT2D eigenvalue weighted by Gasteiger charge is 2.15. The summed E-state index contributed by atoms with van der Waals surface area (Å²) in [6, 6.07) is 3.87. The van der Waals surface area contributed by atoms with E-state index in [1.165, 1.54) is 32.1 Å². The van der Waals surface area contributed by atoms with Gasteiger partial charge in [0.2, 0.25) is 0 Å². The third-order valence-electron chi connectivity index (χ3n) is 4.31. The molecule has 0 saturated heterocycles. The lowest BCUT2D eigenvalue weighted by atomic mass is 10.0. The van der Waals surface area contributed by atoms with Crippen molar-refractivity contribution < 1.29 is 14.2 Å². The molecule has 4 nitrogen and oxygen atoms in total. The summed E-state index contributed by atoms with van der Waals surface area (Å²) in [5, 5.41) is 3.52. The Balaban J connectivity index is 1.91. The number of hydrogen-bond acceptors (Lipinski definition) is 4. The molecule has 0 aromatic heterocycles. The Hall–Kier alpha value is -1.42. The largest absolute Gasteiger partial charge is 0.496 e. The minimum absolute atomic E-state index is 0.698. The van der Waals surface area contributed by atoms with Crippen molar-refractivity contribution in [1.29, 1.82) is 0 Å². The third kappa shape index (κ3) is 4.27. The van der Waals surface area contributed by atoms with E-state index >= 15 is 0 Å². The smallest absolute Gasteiger partial charge is 0.164 e. The Bertz CT molecular complexity index is 442. The monoisotopic (exact) mass is 293 g/mol. The minimum atomic E-state index is 0.698. The SMILES string of the molecule is COc1cc(OC)c(OC)cc1CNCCC1CCCC1. The second-order valence-corrected chi connectivity index (χ2v) is 5.63. The molecule has 0 heterocycles. The highest BCUT2D eigenvalue weighted by molar-refractivity contribution is 5.50. The van der Waals surface area contributed by atoms with Gasteiger partial charge in [0.25, 0.3) is 0 Å². The Labute approximate surface area is 127 Å². The predicted molar refractivity (Wildman–Crippen MR) is 84.4 cm³/mol. The molecular weight excluding hydrogens is 266 g/mol. The van der Waals surface area contributed by atoms with Gasteiger partial charge in [-0.1, -0.05) is 25.7 Å². The summed E-state index contributed by atoms with van der Waals surface area (Å²) in [6.07, 6.45) is 6.90. The lowest BCUT2D eigenvalue weighted by molar-refractivity contribution is 0.347. The molecule has 1 aromatic rings. The number of nitrogens with one attached hydrogen (secondary N) is 1. The number of rotatable bonds is 8. The number of ether oxygens (including phenoxy) is 3. The van der Waals surface area contributed by atoms with E-state index in [-0.39, 0.29) is 0 Å². The molecule has 0 bridgehead atoms. The average Bonchev–Trinajstić information content (AvgIpc) is 3.04. The van der Waals surface area contributed by atoms with E-state index in [1.54, 1.807) is 21.3 Å². The lowest BCUT2D eigenvalue weighted by Crippen LogP contribution is -2.17. The van der Waals surface area contributed by atoms with Crippen LogP contribution in [0, 0.1) is 5.92 Å². The molecule has 0 aliphatic heterocycles. The van der Waals surface area contributed by atoms with Crippen LogP contribution in [0.2, 0.25) is 0 Å². The zero-order valence-electron chi connectivity index (χ0n) is 13.4. The van der Waals surface area contributed by atoms with Crippen LogP contribution in [0.3, 0.4) is 0 Å². The van der Waals surface area contributed by atoms with Crippen molar-refractivity contribution in [2.45, 2.75) is 38.6 Å². The minimum Gasteiger partial charge on any atom is -0.496 e. The van der Waals surface area contributed by atoms with Crippen molar-refractivity contribution in [2.75, 3.05) is 27.9 Å². The molecule has 1 fully saturated rings. The predicted octanol–water partition coefficient (Wildman–Crippen LogP) is 3.38. The summed E-state index contributed by atoms with van der Waals surface area (Å²) in [5.74, 6) is 3.20. The average molecular weight is 293 g/mol. The van der Waals surface area contributed by atoms with Crippen LogP contribution >= 0.6 is 0 Å². The molecule has 1 aliphatic carbocycles. The van der Waals surface area contributed by atoms with Crippen molar-refractivity contribution in [3.63, 3.8) is 0 Å². The first-order chi connectivity index (χ1) is 10.3. The van der Waals surface area contributed by atoms with E-state index < -0.39 is 0 Å². The van der Waals surface area contributed by atoms with E-state index in [9.17, 15) is 0 Å². The summed E-state index contributed by atoms with van der Waals surface area (Å²) in [7, 11) is 4.97. The van der Waals surface area contributed by atoms with Crippen molar-refractivity contribution >= 4 is 0 Å². The van der Waals surface area contributed by atoms with Gasteiger partial charge in [0.05, 0.1) is 21.3 Å². The van der Waals surface area contributed by atoms with E-state index in [4.69, 9.17) is 14.2 Å². The Morgan fingerprint density at radius 3 is 2.19 bits per heavy atom. The number of benzene rings is 1. The third-order valence-corrected chi connectivity index (χ3v) is 4.31. The summed E-state index contributed by atoms with van der Waals surface area (Å²) in [6.45, 7) is 1.85. The topological polar surface area (TPSA) is 39.7 Å². The maximum Gasteiger partial charge on any atom is 0.164 e. The van der Waals surface area contributed by atoms with Gasteiger partial charge in [-0.05, 0) is 24.9 Å². The normalized spacial score (nSPS) is 15.2. The summed E-state index contributed by atoms with van der Waals surface area (Å²) >= 11 is 0. The molecule has 118 valence electrons. The first kappa shape index (κ1) is 16.0. The molecule has 0 spiro atoms. The first-order valence-corrected chi connectivity index (χ1v) is 7.78. The van der Waals surface area contributed by atoms with Crippen LogP contribution < -0.4 is 19.5 Å². The molecule has 0 atom stereocenters. The van der Waals surface area contributed by atoms with Crippen LogP contribution in [0.15, 0.2) is 12.1 Å². The standard InChI is InChI=1S/C17H27NO3/c1-19-15-11-17(21-3)16(20-2)10-14(15)12-18-9-8-13-6-4-5-7-13/h10-11,13,18H,4-9,12H2,1-3H3. The fourth-order valence-corrected chi connectivity index (χ4v) is 3.06. The molecule has 1 N–H and O–H groups in total. The quantitative estimate of drug-likeness (QED) is 0.746. The van der Waals surface area contributed by atoms with E-state index in [0.29, 0.717) is 5.75 Å². The van der Waals surface area contributed by atoms with Gasteiger partial charge >= 0.3 is 0 Å². The molecule has 1 aromatic carbocycles. The molecule has 2 rings (SSSR count). The molecule has 1 saturated carbocycles. The molecular formula is C17H27NO3. The molecule has 21 heavy (non-hydrogen) atoms. The van der Waals surface area contributed by atoms with Gasteiger partial charge in [0.1, 0.15) is 5.75 Å². The Morgan fingerprint density at radius 2 is 1.57 bits per heavy atom. The van der Waals surface area contributed by atoms with E-state index in [1.807, 2.05) is 12.1 Å². The first-order valence-electron chi connectivity index (χ1n) is 7.78. The molecule has 4 heteroatoms. The summed E-state index contributed by atoms with van der Waals surface area (Å²) < 4.78 is 16.1. The molecule has 0 radical (unpaired) electrons. The summed E-state index contributed by atoms with van der Waals surface area (Å²) in [4.78, 5) is 0.